The summed E-state index contributed by atoms with van der Waals surface area (Å²) in [6, 6.07) is 14.9. The lowest BCUT2D eigenvalue weighted by molar-refractivity contribution is 0.287. The van der Waals surface area contributed by atoms with Gasteiger partial charge in [0.2, 0.25) is 0 Å². The van der Waals surface area contributed by atoms with Crippen LogP contribution >= 0.6 is 0 Å². The topological polar surface area (TPSA) is 61.7 Å². The zero-order valence-electron chi connectivity index (χ0n) is 11.4. The van der Waals surface area contributed by atoms with Gasteiger partial charge in [0.05, 0.1) is 19.8 Å². The van der Waals surface area contributed by atoms with Crippen LogP contribution in [-0.2, 0) is 0 Å². The van der Waals surface area contributed by atoms with Gasteiger partial charge < -0.3 is 20.3 Å². The number of methoxy groups -OCH3 is 1. The van der Waals surface area contributed by atoms with E-state index in [0.717, 1.165) is 11.1 Å². The Labute approximate surface area is 118 Å². The van der Waals surface area contributed by atoms with Crippen LogP contribution in [0.2, 0.25) is 0 Å². The van der Waals surface area contributed by atoms with Crippen LogP contribution in [0, 0.1) is 0 Å². The van der Waals surface area contributed by atoms with E-state index in [1.807, 2.05) is 42.5 Å². The standard InChI is InChI=1S/C16H19NO3/c1-20-13-7-8-14(15(19)11-13)16(17-9-10-18)12-5-3-2-4-6-12/h2-8,11,16-19H,9-10H2,1H3. The third-order valence-corrected chi connectivity index (χ3v) is 3.14. The second-order valence-electron chi connectivity index (χ2n) is 4.45. The molecule has 4 nitrogen and oxygen atoms in total. The average molecular weight is 273 g/mol. The smallest absolute Gasteiger partial charge is 0.124 e. The van der Waals surface area contributed by atoms with Crippen molar-refractivity contribution in [1.82, 2.24) is 5.32 Å². The monoisotopic (exact) mass is 273 g/mol. The molecule has 0 spiro atoms. The lowest BCUT2D eigenvalue weighted by Gasteiger charge is -2.20. The van der Waals surface area contributed by atoms with Gasteiger partial charge in [0, 0.05) is 18.2 Å². The van der Waals surface area contributed by atoms with Gasteiger partial charge in [-0.15, -0.1) is 0 Å². The Kier molecular flexibility index (Phi) is 4.98. The zero-order valence-corrected chi connectivity index (χ0v) is 11.4. The van der Waals surface area contributed by atoms with E-state index in [9.17, 15) is 5.11 Å². The number of phenols is 1. The molecule has 0 amide bonds. The summed E-state index contributed by atoms with van der Waals surface area (Å²) in [6.45, 7) is 0.491. The molecule has 0 fully saturated rings. The second kappa shape index (κ2) is 6.93. The summed E-state index contributed by atoms with van der Waals surface area (Å²) in [5.41, 5.74) is 1.78. The quantitative estimate of drug-likeness (QED) is 0.754. The van der Waals surface area contributed by atoms with Gasteiger partial charge in [-0.05, 0) is 17.7 Å². The van der Waals surface area contributed by atoms with Gasteiger partial charge in [-0.2, -0.15) is 0 Å². The molecule has 106 valence electrons. The van der Waals surface area contributed by atoms with Crippen LogP contribution in [0.25, 0.3) is 0 Å². The van der Waals surface area contributed by atoms with Crippen LogP contribution < -0.4 is 10.1 Å². The molecule has 1 unspecified atom stereocenters. The highest BCUT2D eigenvalue weighted by Gasteiger charge is 2.17. The number of aromatic hydroxyl groups is 1. The van der Waals surface area contributed by atoms with Crippen molar-refractivity contribution in [1.29, 1.82) is 0 Å². The van der Waals surface area contributed by atoms with Gasteiger partial charge in [-0.1, -0.05) is 30.3 Å². The molecule has 0 heterocycles. The van der Waals surface area contributed by atoms with Crippen molar-refractivity contribution >= 4 is 0 Å². The SMILES string of the molecule is COc1ccc(C(NCCO)c2ccccc2)c(O)c1. The highest BCUT2D eigenvalue weighted by atomic mass is 16.5. The number of ether oxygens (including phenoxy) is 1. The minimum Gasteiger partial charge on any atom is -0.507 e. The molecule has 2 aromatic rings. The Morgan fingerprint density at radius 2 is 1.90 bits per heavy atom. The van der Waals surface area contributed by atoms with Crippen molar-refractivity contribution in [3.8, 4) is 11.5 Å². The van der Waals surface area contributed by atoms with Crippen LogP contribution in [-0.4, -0.2) is 30.5 Å². The molecule has 3 N–H and O–H groups in total. The maximum absolute atomic E-state index is 10.2. The van der Waals surface area contributed by atoms with E-state index in [4.69, 9.17) is 9.84 Å². The first kappa shape index (κ1) is 14.4. The number of phenolic OH excluding ortho intramolecular Hbond substituents is 1. The summed E-state index contributed by atoms with van der Waals surface area (Å²) in [4.78, 5) is 0. The third kappa shape index (κ3) is 3.29. The largest absolute Gasteiger partial charge is 0.507 e. The normalized spacial score (nSPS) is 12.1. The van der Waals surface area contributed by atoms with E-state index in [-0.39, 0.29) is 18.4 Å². The average Bonchev–Trinajstić information content (AvgIpc) is 2.50. The van der Waals surface area contributed by atoms with Crippen LogP contribution in [0.5, 0.6) is 11.5 Å². The zero-order chi connectivity index (χ0) is 14.4. The van der Waals surface area contributed by atoms with Crippen molar-refractivity contribution in [2.45, 2.75) is 6.04 Å². The molecule has 0 radical (unpaired) electrons. The summed E-state index contributed by atoms with van der Waals surface area (Å²) >= 11 is 0. The molecular formula is C16H19NO3. The molecule has 0 bridgehead atoms. The van der Waals surface area contributed by atoms with Gasteiger partial charge in [0.25, 0.3) is 0 Å². The van der Waals surface area contributed by atoms with E-state index in [0.29, 0.717) is 12.3 Å². The van der Waals surface area contributed by atoms with Gasteiger partial charge in [0.1, 0.15) is 11.5 Å². The van der Waals surface area contributed by atoms with E-state index in [2.05, 4.69) is 5.32 Å². The van der Waals surface area contributed by atoms with Gasteiger partial charge in [-0.3, -0.25) is 0 Å². The maximum atomic E-state index is 10.2. The fourth-order valence-corrected chi connectivity index (χ4v) is 2.16. The third-order valence-electron chi connectivity index (χ3n) is 3.14. The van der Waals surface area contributed by atoms with Crippen LogP contribution in [0.1, 0.15) is 17.2 Å². The Bertz CT molecular complexity index is 543. The number of hydrogen-bond donors (Lipinski definition) is 3. The molecule has 0 saturated carbocycles. The van der Waals surface area contributed by atoms with Crippen LogP contribution in [0.4, 0.5) is 0 Å². The molecule has 0 saturated heterocycles. The lowest BCUT2D eigenvalue weighted by atomic mass is 9.97. The Balaban J connectivity index is 2.36. The lowest BCUT2D eigenvalue weighted by Crippen LogP contribution is -2.25. The van der Waals surface area contributed by atoms with Gasteiger partial charge in [0.15, 0.2) is 0 Å². The van der Waals surface area contributed by atoms with Gasteiger partial charge >= 0.3 is 0 Å². The van der Waals surface area contributed by atoms with Crippen molar-refractivity contribution in [2.24, 2.45) is 0 Å². The number of rotatable bonds is 6. The van der Waals surface area contributed by atoms with Gasteiger partial charge in [-0.25, -0.2) is 0 Å². The summed E-state index contributed by atoms with van der Waals surface area (Å²) in [7, 11) is 1.56. The molecule has 20 heavy (non-hydrogen) atoms. The van der Waals surface area contributed by atoms with Crippen molar-refractivity contribution in [3.63, 3.8) is 0 Å². The van der Waals surface area contributed by atoms with Crippen molar-refractivity contribution < 1.29 is 14.9 Å². The first-order chi connectivity index (χ1) is 9.76. The molecule has 0 aromatic heterocycles. The number of aliphatic hydroxyl groups is 1. The first-order valence-corrected chi connectivity index (χ1v) is 6.52. The number of benzene rings is 2. The minimum absolute atomic E-state index is 0.0419. The molecular weight excluding hydrogens is 254 g/mol. The van der Waals surface area contributed by atoms with E-state index < -0.39 is 0 Å². The summed E-state index contributed by atoms with van der Waals surface area (Å²) in [5, 5.41) is 22.4. The van der Waals surface area contributed by atoms with E-state index in [1.54, 1.807) is 13.2 Å². The molecule has 0 aliphatic heterocycles. The van der Waals surface area contributed by atoms with Crippen LogP contribution in [0.3, 0.4) is 0 Å². The van der Waals surface area contributed by atoms with E-state index in [1.165, 1.54) is 0 Å². The van der Waals surface area contributed by atoms with E-state index >= 15 is 0 Å². The fraction of sp³-hybridized carbons (Fsp3) is 0.250. The molecule has 2 aromatic carbocycles. The molecule has 0 aliphatic carbocycles. The highest BCUT2D eigenvalue weighted by Crippen LogP contribution is 2.32. The summed E-state index contributed by atoms with van der Waals surface area (Å²) in [6.07, 6.45) is 0. The highest BCUT2D eigenvalue weighted by molar-refractivity contribution is 5.45. The van der Waals surface area contributed by atoms with Crippen molar-refractivity contribution in [3.05, 3.63) is 59.7 Å². The molecule has 0 aliphatic rings. The fourth-order valence-electron chi connectivity index (χ4n) is 2.16. The molecule has 4 heteroatoms. The predicted octanol–water partition coefficient (Wildman–Crippen LogP) is 2.07. The Hall–Kier alpha value is -2.04. The minimum atomic E-state index is -0.172. The summed E-state index contributed by atoms with van der Waals surface area (Å²) < 4.78 is 5.10. The number of nitrogens with one attached hydrogen (secondary N) is 1. The Morgan fingerprint density at radius 3 is 2.50 bits per heavy atom. The first-order valence-electron chi connectivity index (χ1n) is 6.52. The predicted molar refractivity (Wildman–Crippen MR) is 78.0 cm³/mol. The summed E-state index contributed by atoms with van der Waals surface area (Å²) in [5.74, 6) is 0.781. The molecule has 1 atom stereocenters. The Morgan fingerprint density at radius 1 is 1.15 bits per heavy atom. The number of hydrogen-bond acceptors (Lipinski definition) is 4. The second-order valence-corrected chi connectivity index (χ2v) is 4.45. The molecule has 2 rings (SSSR count). The number of aliphatic hydroxyl groups excluding tert-OH is 1. The van der Waals surface area contributed by atoms with Crippen molar-refractivity contribution in [2.75, 3.05) is 20.3 Å². The van der Waals surface area contributed by atoms with Crippen LogP contribution in [0.15, 0.2) is 48.5 Å². The maximum Gasteiger partial charge on any atom is 0.124 e.